The van der Waals surface area contributed by atoms with Crippen molar-refractivity contribution in [3.63, 3.8) is 0 Å². The molecule has 8 heteroatoms. The van der Waals surface area contributed by atoms with E-state index in [1.807, 2.05) is 6.92 Å². The summed E-state index contributed by atoms with van der Waals surface area (Å²) in [4.78, 5) is 22.4. The highest BCUT2D eigenvalue weighted by atomic mass is 32.1. The van der Waals surface area contributed by atoms with Crippen LogP contribution in [-0.4, -0.2) is 50.7 Å². The van der Waals surface area contributed by atoms with Crippen LogP contribution in [0.1, 0.15) is 35.2 Å². The Kier molecular flexibility index (Phi) is 3.75. The number of aromatic nitrogens is 4. The minimum absolute atomic E-state index is 0.0641. The van der Waals surface area contributed by atoms with E-state index in [4.69, 9.17) is 4.74 Å². The summed E-state index contributed by atoms with van der Waals surface area (Å²) < 4.78 is 5.66. The van der Waals surface area contributed by atoms with Gasteiger partial charge >= 0.3 is 0 Å². The third-order valence-corrected chi connectivity index (χ3v) is 3.76. The van der Waals surface area contributed by atoms with Crippen LogP contribution in [0.4, 0.5) is 0 Å². The van der Waals surface area contributed by atoms with Crippen molar-refractivity contribution in [2.45, 2.75) is 19.4 Å². The molecule has 0 aromatic carbocycles. The largest absolute Gasteiger partial charge is 0.366 e. The summed E-state index contributed by atoms with van der Waals surface area (Å²) in [6, 6.07) is 0. The number of H-pyrrole nitrogens is 1. The summed E-state index contributed by atoms with van der Waals surface area (Å²) in [6.45, 7) is 3.51. The number of hydrogen-bond acceptors (Lipinski definition) is 6. The van der Waals surface area contributed by atoms with E-state index < -0.39 is 0 Å². The van der Waals surface area contributed by atoms with Gasteiger partial charge in [0.15, 0.2) is 5.82 Å². The number of amides is 1. The summed E-state index contributed by atoms with van der Waals surface area (Å²) in [7, 11) is 0. The number of carbonyl (C=O) groups excluding carboxylic acids is 1. The van der Waals surface area contributed by atoms with Gasteiger partial charge in [-0.3, -0.25) is 9.89 Å². The molecule has 1 amide bonds. The summed E-state index contributed by atoms with van der Waals surface area (Å²) >= 11 is 1.42. The predicted molar refractivity (Wildman–Crippen MR) is 72.5 cm³/mol. The fourth-order valence-electron chi connectivity index (χ4n) is 2.08. The summed E-state index contributed by atoms with van der Waals surface area (Å²) in [6.07, 6.45) is 0.518. The molecule has 0 unspecified atom stereocenters. The van der Waals surface area contributed by atoms with Gasteiger partial charge < -0.3 is 9.64 Å². The molecule has 0 spiro atoms. The first kappa shape index (κ1) is 13.2. The number of carbonyl (C=O) groups is 1. The van der Waals surface area contributed by atoms with Gasteiger partial charge in [0.05, 0.1) is 18.7 Å². The number of thiazole rings is 1. The van der Waals surface area contributed by atoms with Gasteiger partial charge in [-0.15, -0.1) is 11.3 Å². The monoisotopic (exact) mass is 293 g/mol. The van der Waals surface area contributed by atoms with Crippen LogP contribution in [0, 0.1) is 0 Å². The maximum atomic E-state index is 12.3. The van der Waals surface area contributed by atoms with Crippen molar-refractivity contribution in [3.8, 4) is 0 Å². The highest BCUT2D eigenvalue weighted by Crippen LogP contribution is 2.20. The van der Waals surface area contributed by atoms with Crippen molar-refractivity contribution in [2.75, 3.05) is 19.7 Å². The molecular weight excluding hydrogens is 278 g/mol. The first-order valence-corrected chi connectivity index (χ1v) is 7.42. The predicted octanol–water partition coefficient (Wildman–Crippen LogP) is 1.04. The maximum Gasteiger partial charge on any atom is 0.273 e. The molecule has 1 atom stereocenters. The van der Waals surface area contributed by atoms with E-state index in [9.17, 15) is 4.79 Å². The molecule has 0 bridgehead atoms. The lowest BCUT2D eigenvalue weighted by Crippen LogP contribution is -2.42. The highest BCUT2D eigenvalue weighted by molar-refractivity contribution is 7.07. The molecule has 3 heterocycles. The smallest absolute Gasteiger partial charge is 0.273 e. The minimum Gasteiger partial charge on any atom is -0.366 e. The minimum atomic E-state index is -0.275. The van der Waals surface area contributed by atoms with Crippen molar-refractivity contribution in [1.82, 2.24) is 25.1 Å². The number of ether oxygens (including phenoxy) is 1. The Hall–Kier alpha value is -1.80. The summed E-state index contributed by atoms with van der Waals surface area (Å²) in [5.41, 5.74) is 2.15. The van der Waals surface area contributed by atoms with Gasteiger partial charge in [-0.2, -0.15) is 5.10 Å². The molecule has 0 radical (unpaired) electrons. The molecule has 0 aliphatic carbocycles. The summed E-state index contributed by atoms with van der Waals surface area (Å²) in [5, 5.41) is 8.78. The summed E-state index contributed by atoms with van der Waals surface area (Å²) in [5.74, 6) is 1.37. The van der Waals surface area contributed by atoms with Crippen molar-refractivity contribution in [1.29, 1.82) is 0 Å². The fraction of sp³-hybridized carbons (Fsp3) is 0.500. The molecule has 1 saturated heterocycles. The van der Waals surface area contributed by atoms with Crippen LogP contribution in [0.3, 0.4) is 0 Å². The number of aromatic amines is 1. The van der Waals surface area contributed by atoms with Crippen LogP contribution in [0.25, 0.3) is 0 Å². The van der Waals surface area contributed by atoms with Crippen molar-refractivity contribution >= 4 is 17.2 Å². The van der Waals surface area contributed by atoms with E-state index in [1.165, 1.54) is 11.3 Å². The Balaban J connectivity index is 1.71. The lowest BCUT2D eigenvalue weighted by atomic mass is 10.2. The third kappa shape index (κ3) is 2.56. The zero-order valence-electron chi connectivity index (χ0n) is 11.1. The van der Waals surface area contributed by atoms with Gasteiger partial charge in [-0.05, 0) is 0 Å². The normalized spacial score (nSPS) is 19.2. The molecule has 2 aromatic rings. The highest BCUT2D eigenvalue weighted by Gasteiger charge is 2.29. The molecule has 3 rings (SSSR count). The van der Waals surface area contributed by atoms with Gasteiger partial charge in [-0.1, -0.05) is 6.92 Å². The van der Waals surface area contributed by atoms with Crippen molar-refractivity contribution in [3.05, 3.63) is 28.2 Å². The van der Waals surface area contributed by atoms with E-state index >= 15 is 0 Å². The Morgan fingerprint density at radius 3 is 3.25 bits per heavy atom. The average Bonchev–Trinajstić information content (AvgIpc) is 3.17. The lowest BCUT2D eigenvalue weighted by molar-refractivity contribution is -0.0268. The quantitative estimate of drug-likeness (QED) is 0.914. The van der Waals surface area contributed by atoms with E-state index in [-0.39, 0.29) is 12.0 Å². The second-order valence-electron chi connectivity index (χ2n) is 4.48. The number of hydrogen-bond donors (Lipinski definition) is 1. The second-order valence-corrected chi connectivity index (χ2v) is 5.20. The third-order valence-electron chi connectivity index (χ3n) is 3.18. The molecule has 1 aliphatic heterocycles. The van der Waals surface area contributed by atoms with E-state index in [0.717, 1.165) is 12.2 Å². The van der Waals surface area contributed by atoms with E-state index in [0.29, 0.717) is 31.2 Å². The van der Waals surface area contributed by atoms with Gasteiger partial charge in [-0.25, -0.2) is 9.97 Å². The Morgan fingerprint density at radius 1 is 1.65 bits per heavy atom. The topological polar surface area (TPSA) is 84.0 Å². The Bertz CT molecular complexity index is 582. The van der Waals surface area contributed by atoms with Crippen molar-refractivity contribution in [2.24, 2.45) is 0 Å². The zero-order valence-corrected chi connectivity index (χ0v) is 11.9. The molecule has 1 N–H and O–H groups in total. The Morgan fingerprint density at radius 2 is 2.55 bits per heavy atom. The first-order valence-electron chi connectivity index (χ1n) is 6.48. The Labute approximate surface area is 120 Å². The second kappa shape index (κ2) is 5.68. The molecule has 7 nitrogen and oxygen atoms in total. The number of aryl methyl sites for hydroxylation is 1. The van der Waals surface area contributed by atoms with Gasteiger partial charge in [0.2, 0.25) is 0 Å². The number of rotatable bonds is 3. The molecule has 20 heavy (non-hydrogen) atoms. The van der Waals surface area contributed by atoms with Crippen LogP contribution in [0.15, 0.2) is 10.9 Å². The van der Waals surface area contributed by atoms with Crippen LogP contribution >= 0.6 is 11.3 Å². The number of nitrogens with one attached hydrogen (secondary N) is 1. The van der Waals surface area contributed by atoms with E-state index in [1.54, 1.807) is 15.8 Å². The molecule has 0 saturated carbocycles. The van der Waals surface area contributed by atoms with Crippen molar-refractivity contribution < 1.29 is 9.53 Å². The lowest BCUT2D eigenvalue weighted by Gasteiger charge is -2.31. The molecule has 2 aromatic heterocycles. The first-order chi connectivity index (χ1) is 9.78. The van der Waals surface area contributed by atoms with E-state index in [2.05, 4.69) is 20.2 Å². The molecule has 1 fully saturated rings. The van der Waals surface area contributed by atoms with Crippen LogP contribution in [0.5, 0.6) is 0 Å². The van der Waals surface area contributed by atoms with Crippen LogP contribution in [0.2, 0.25) is 0 Å². The number of morpholine rings is 1. The zero-order chi connectivity index (χ0) is 13.9. The molecule has 106 valence electrons. The SMILES string of the molecule is CCc1nc([C@H]2CN(C(=O)c3cscn3)CCO2)n[nH]1. The fourth-order valence-corrected chi connectivity index (χ4v) is 2.61. The van der Waals surface area contributed by atoms with Gasteiger partial charge in [0.25, 0.3) is 5.91 Å². The average molecular weight is 293 g/mol. The van der Waals surface area contributed by atoms with Gasteiger partial charge in [0.1, 0.15) is 17.6 Å². The molecular formula is C12H15N5O2S. The maximum absolute atomic E-state index is 12.3. The van der Waals surface area contributed by atoms with Gasteiger partial charge in [0, 0.05) is 18.3 Å². The molecule has 1 aliphatic rings. The van der Waals surface area contributed by atoms with Crippen LogP contribution in [-0.2, 0) is 11.2 Å². The number of nitrogens with zero attached hydrogens (tertiary/aromatic N) is 4. The van der Waals surface area contributed by atoms with Crippen LogP contribution < -0.4 is 0 Å². The standard InChI is InChI=1S/C12H15N5O2S/c1-2-10-14-11(16-15-10)9-5-17(3-4-19-9)12(18)8-6-20-7-13-8/h6-7,9H,2-5H2,1H3,(H,14,15,16)/t9-/m1/s1.